The van der Waals surface area contributed by atoms with E-state index in [1.165, 1.54) is 5.56 Å². The Morgan fingerprint density at radius 3 is 2.63 bits per heavy atom. The maximum absolute atomic E-state index is 13.0. The van der Waals surface area contributed by atoms with Crippen LogP contribution in [0.15, 0.2) is 53.0 Å². The summed E-state index contributed by atoms with van der Waals surface area (Å²) in [4.78, 5) is 14.9. The minimum atomic E-state index is 0.0116. The summed E-state index contributed by atoms with van der Waals surface area (Å²) >= 11 is 9.58. The lowest BCUT2D eigenvalue weighted by molar-refractivity contribution is 0.0651. The zero-order valence-corrected chi connectivity index (χ0v) is 17.5. The van der Waals surface area contributed by atoms with Gasteiger partial charge in [0.25, 0.3) is 5.91 Å². The Hall–Kier alpha value is -2.11. The number of fused-ring (bicyclic) bond motifs is 1. The molecule has 1 amide bonds. The number of carbonyl (C=O) groups excluding carboxylic acids is 1. The van der Waals surface area contributed by atoms with Crippen molar-refractivity contribution in [2.24, 2.45) is 0 Å². The molecule has 0 N–H and O–H groups in total. The molecule has 0 unspecified atom stereocenters. The lowest BCUT2D eigenvalue weighted by Gasteiger charge is -2.31. The molecule has 0 saturated heterocycles. The van der Waals surface area contributed by atoms with E-state index < -0.39 is 0 Å². The van der Waals surface area contributed by atoms with Crippen LogP contribution in [0, 0.1) is 6.92 Å². The second-order valence-electron chi connectivity index (χ2n) is 7.00. The molecule has 1 aliphatic heterocycles. The molecule has 1 aliphatic rings. The largest absolute Gasteiger partial charge is 0.331 e. The fourth-order valence-corrected chi connectivity index (χ4v) is 4.30. The van der Waals surface area contributed by atoms with E-state index in [0.717, 1.165) is 21.3 Å². The molecule has 0 aliphatic carbocycles. The van der Waals surface area contributed by atoms with Crippen molar-refractivity contribution in [3.8, 4) is 11.3 Å². The highest BCUT2D eigenvalue weighted by molar-refractivity contribution is 9.10. The second-order valence-corrected chi connectivity index (χ2v) is 8.29. The van der Waals surface area contributed by atoms with Gasteiger partial charge in [-0.05, 0) is 37.6 Å². The van der Waals surface area contributed by atoms with Crippen molar-refractivity contribution in [1.82, 2.24) is 14.7 Å². The first kappa shape index (κ1) is 18.3. The summed E-state index contributed by atoms with van der Waals surface area (Å²) in [5.74, 6) is 0.0116. The maximum atomic E-state index is 13.0. The fourth-order valence-electron chi connectivity index (χ4n) is 3.41. The number of amides is 1. The summed E-state index contributed by atoms with van der Waals surface area (Å²) in [5, 5.41) is 5.35. The second kappa shape index (κ2) is 7.13. The zero-order chi connectivity index (χ0) is 19.1. The van der Waals surface area contributed by atoms with Gasteiger partial charge in [-0.1, -0.05) is 63.4 Å². The molecule has 138 valence electrons. The number of rotatable bonds is 3. The average molecular weight is 445 g/mol. The lowest BCUT2D eigenvalue weighted by Crippen LogP contribution is -2.41. The minimum Gasteiger partial charge on any atom is -0.331 e. The smallest absolute Gasteiger partial charge is 0.272 e. The average Bonchev–Trinajstić information content (AvgIpc) is 3.07. The molecule has 3 aromatic rings. The minimum absolute atomic E-state index is 0.0116. The van der Waals surface area contributed by atoms with Gasteiger partial charge >= 0.3 is 0 Å². The van der Waals surface area contributed by atoms with Gasteiger partial charge in [0.05, 0.1) is 11.7 Å². The highest BCUT2D eigenvalue weighted by Gasteiger charge is 2.31. The van der Waals surface area contributed by atoms with Crippen LogP contribution in [0.2, 0.25) is 5.02 Å². The molecular weight excluding hydrogens is 426 g/mol. The normalized spacial score (nSPS) is 16.5. The first-order valence-electron chi connectivity index (χ1n) is 8.82. The van der Waals surface area contributed by atoms with E-state index in [1.807, 2.05) is 33.8 Å². The Bertz CT molecular complexity index is 1010. The number of aryl methyl sites for hydroxylation is 1. The number of carbonyl (C=O) groups is 1. The predicted molar refractivity (Wildman–Crippen MR) is 111 cm³/mol. The van der Waals surface area contributed by atoms with Gasteiger partial charge in [-0.15, -0.1) is 0 Å². The molecule has 0 radical (unpaired) electrons. The van der Waals surface area contributed by atoms with Crippen LogP contribution < -0.4 is 0 Å². The topological polar surface area (TPSA) is 38.1 Å². The molecule has 0 spiro atoms. The standard InChI is InChI=1S/C21H19BrClN3O/c1-13-3-5-15(6-4-13)12-25-11-14(2)26-20(21(25)27)10-19(24-26)17-8-7-16(23)9-18(17)22/h3-10,14H,11-12H2,1-2H3/t14-/m0/s1. The highest BCUT2D eigenvalue weighted by atomic mass is 79.9. The van der Waals surface area contributed by atoms with Gasteiger partial charge in [-0.3, -0.25) is 9.48 Å². The molecule has 1 atom stereocenters. The van der Waals surface area contributed by atoms with E-state index in [2.05, 4.69) is 54.0 Å². The predicted octanol–water partition coefficient (Wildman–Crippen LogP) is 5.49. The van der Waals surface area contributed by atoms with Crippen molar-refractivity contribution in [1.29, 1.82) is 0 Å². The third kappa shape index (κ3) is 3.54. The molecule has 2 aromatic carbocycles. The maximum Gasteiger partial charge on any atom is 0.272 e. The van der Waals surface area contributed by atoms with Crippen LogP contribution in [0.25, 0.3) is 11.3 Å². The van der Waals surface area contributed by atoms with Gasteiger partial charge < -0.3 is 4.90 Å². The van der Waals surface area contributed by atoms with E-state index in [9.17, 15) is 4.79 Å². The van der Waals surface area contributed by atoms with Crippen molar-refractivity contribution in [3.63, 3.8) is 0 Å². The molecule has 6 heteroatoms. The number of halogens is 2. The summed E-state index contributed by atoms with van der Waals surface area (Å²) < 4.78 is 2.70. The first-order chi connectivity index (χ1) is 12.9. The van der Waals surface area contributed by atoms with E-state index >= 15 is 0 Å². The monoisotopic (exact) mass is 443 g/mol. The Kier molecular flexibility index (Phi) is 4.82. The Labute approximate surface area is 171 Å². The molecule has 2 heterocycles. The summed E-state index contributed by atoms with van der Waals surface area (Å²) in [6.45, 7) is 5.40. The van der Waals surface area contributed by atoms with Gasteiger partial charge in [0, 0.05) is 28.1 Å². The highest BCUT2D eigenvalue weighted by Crippen LogP contribution is 2.32. The number of nitrogens with zero attached hydrogens (tertiary/aromatic N) is 3. The van der Waals surface area contributed by atoms with Crippen LogP contribution in [-0.2, 0) is 6.54 Å². The van der Waals surface area contributed by atoms with E-state index in [-0.39, 0.29) is 11.9 Å². The molecule has 0 bridgehead atoms. The van der Waals surface area contributed by atoms with Gasteiger partial charge in [-0.2, -0.15) is 5.10 Å². The lowest BCUT2D eigenvalue weighted by atomic mass is 10.1. The number of hydrogen-bond donors (Lipinski definition) is 0. The number of benzene rings is 2. The van der Waals surface area contributed by atoms with E-state index in [0.29, 0.717) is 23.8 Å². The summed E-state index contributed by atoms with van der Waals surface area (Å²) in [5.41, 5.74) is 4.66. The third-order valence-electron chi connectivity index (χ3n) is 4.85. The fraction of sp³-hybridized carbons (Fsp3) is 0.238. The van der Waals surface area contributed by atoms with Crippen molar-refractivity contribution in [2.75, 3.05) is 6.54 Å². The van der Waals surface area contributed by atoms with Gasteiger partial charge in [0.15, 0.2) is 0 Å². The van der Waals surface area contributed by atoms with Crippen molar-refractivity contribution < 1.29 is 4.79 Å². The van der Waals surface area contributed by atoms with Crippen molar-refractivity contribution >= 4 is 33.4 Å². The quantitative estimate of drug-likeness (QED) is 0.535. The van der Waals surface area contributed by atoms with Crippen LogP contribution in [0.1, 0.15) is 34.6 Å². The number of aromatic nitrogens is 2. The van der Waals surface area contributed by atoms with Gasteiger partial charge in [0.2, 0.25) is 0 Å². The Balaban J connectivity index is 1.65. The van der Waals surface area contributed by atoms with Crippen LogP contribution in [0.3, 0.4) is 0 Å². The first-order valence-corrected chi connectivity index (χ1v) is 9.99. The molecule has 1 aromatic heterocycles. The Morgan fingerprint density at radius 1 is 1.19 bits per heavy atom. The molecule has 4 nitrogen and oxygen atoms in total. The van der Waals surface area contributed by atoms with E-state index in [4.69, 9.17) is 16.7 Å². The van der Waals surface area contributed by atoms with Crippen molar-refractivity contribution in [3.05, 3.63) is 74.8 Å². The summed E-state index contributed by atoms with van der Waals surface area (Å²) in [7, 11) is 0. The van der Waals surface area contributed by atoms with Gasteiger partial charge in [-0.25, -0.2) is 0 Å². The van der Waals surface area contributed by atoms with Gasteiger partial charge in [0.1, 0.15) is 5.69 Å². The molecular formula is C21H19BrClN3O. The molecule has 27 heavy (non-hydrogen) atoms. The van der Waals surface area contributed by atoms with Crippen molar-refractivity contribution in [2.45, 2.75) is 26.4 Å². The summed E-state index contributed by atoms with van der Waals surface area (Å²) in [6, 6.07) is 15.9. The van der Waals surface area contributed by atoms with Crippen LogP contribution in [0.4, 0.5) is 0 Å². The van der Waals surface area contributed by atoms with Crippen LogP contribution in [0.5, 0.6) is 0 Å². The molecule has 0 fully saturated rings. The van der Waals surface area contributed by atoms with Crippen LogP contribution in [-0.4, -0.2) is 27.1 Å². The number of hydrogen-bond acceptors (Lipinski definition) is 2. The molecule has 4 rings (SSSR count). The van der Waals surface area contributed by atoms with Crippen LogP contribution >= 0.6 is 27.5 Å². The zero-order valence-electron chi connectivity index (χ0n) is 15.1. The van der Waals surface area contributed by atoms with E-state index in [1.54, 1.807) is 0 Å². The molecule has 0 saturated carbocycles. The Morgan fingerprint density at radius 2 is 1.93 bits per heavy atom. The summed E-state index contributed by atoms with van der Waals surface area (Å²) in [6.07, 6.45) is 0. The third-order valence-corrected chi connectivity index (χ3v) is 5.74. The SMILES string of the molecule is Cc1ccc(CN2C[C@H](C)n3nc(-c4ccc(Cl)cc4Br)cc3C2=O)cc1.